The minimum absolute atomic E-state index is 0.332. The molecule has 0 aliphatic rings. The number of aromatic nitrogens is 1. The molecule has 0 radical (unpaired) electrons. The molecular weight excluding hydrogens is 204 g/mol. The normalized spacial score (nSPS) is 10.6. The Morgan fingerprint density at radius 1 is 1.44 bits per heavy atom. The van der Waals surface area contributed by atoms with Crippen LogP contribution in [-0.2, 0) is 6.42 Å². The second kappa shape index (κ2) is 4.37. The molecule has 0 saturated carbocycles. The summed E-state index contributed by atoms with van der Waals surface area (Å²) in [4.78, 5) is 11.4. The topological polar surface area (TPSA) is 72.0 Å². The average molecular weight is 218 g/mol. The Hall–Kier alpha value is -1.81. The third-order valence-electron chi connectivity index (χ3n) is 2.50. The van der Waals surface area contributed by atoms with Crippen LogP contribution in [0.15, 0.2) is 33.6 Å². The van der Waals surface area contributed by atoms with Gasteiger partial charge in [-0.15, -0.1) is 0 Å². The van der Waals surface area contributed by atoms with Gasteiger partial charge in [0.2, 0.25) is 0 Å². The zero-order valence-corrected chi connectivity index (χ0v) is 9.12. The molecule has 2 rings (SSSR count). The van der Waals surface area contributed by atoms with Crippen molar-refractivity contribution in [3.05, 3.63) is 45.8 Å². The molecule has 1 aromatic heterocycles. The first-order chi connectivity index (χ1) is 7.72. The van der Waals surface area contributed by atoms with Crippen molar-refractivity contribution in [2.24, 2.45) is 5.73 Å². The lowest BCUT2D eigenvalue weighted by Crippen LogP contribution is -2.10. The molecule has 0 unspecified atom stereocenters. The monoisotopic (exact) mass is 218 g/mol. The highest BCUT2D eigenvalue weighted by molar-refractivity contribution is 5.62. The van der Waals surface area contributed by atoms with E-state index in [4.69, 9.17) is 10.3 Å². The van der Waals surface area contributed by atoms with Crippen molar-refractivity contribution in [2.45, 2.75) is 13.3 Å². The fraction of sp³-hybridized carbons (Fsp3) is 0.250. The molecule has 4 heteroatoms. The summed E-state index contributed by atoms with van der Waals surface area (Å²) in [6.07, 6.45) is 0.523. The SMILES string of the molecule is Cc1cccc(-c2[nH]oc(=O)c2CCN)c1. The standard InChI is InChI=1S/C12H14N2O2/c1-8-3-2-4-9(7-8)11-10(5-6-13)12(15)16-14-11/h2-4,7,14H,5-6,13H2,1H3. The maximum absolute atomic E-state index is 11.4. The molecule has 0 amide bonds. The van der Waals surface area contributed by atoms with Crippen LogP contribution in [0.1, 0.15) is 11.1 Å². The summed E-state index contributed by atoms with van der Waals surface area (Å²) in [5.41, 5.74) is 8.58. The molecule has 0 saturated heterocycles. The summed E-state index contributed by atoms with van der Waals surface area (Å²) < 4.78 is 4.81. The fourth-order valence-corrected chi connectivity index (χ4v) is 1.73. The molecule has 84 valence electrons. The molecule has 0 aliphatic heterocycles. The van der Waals surface area contributed by atoms with Gasteiger partial charge in [0.15, 0.2) is 0 Å². The van der Waals surface area contributed by atoms with Gasteiger partial charge in [-0.3, -0.25) is 0 Å². The van der Waals surface area contributed by atoms with Crippen molar-refractivity contribution in [2.75, 3.05) is 6.54 Å². The fourth-order valence-electron chi connectivity index (χ4n) is 1.73. The Labute approximate surface area is 93.1 Å². The summed E-state index contributed by atoms with van der Waals surface area (Å²) in [5.74, 6) is 0. The number of benzene rings is 1. The van der Waals surface area contributed by atoms with Crippen molar-refractivity contribution < 1.29 is 4.52 Å². The van der Waals surface area contributed by atoms with E-state index < -0.39 is 0 Å². The van der Waals surface area contributed by atoms with Crippen LogP contribution < -0.4 is 11.4 Å². The number of aromatic amines is 1. The number of hydrogen-bond acceptors (Lipinski definition) is 3. The van der Waals surface area contributed by atoms with E-state index in [9.17, 15) is 4.79 Å². The van der Waals surface area contributed by atoms with Gasteiger partial charge in [-0.25, -0.2) is 9.95 Å². The first-order valence-corrected chi connectivity index (χ1v) is 5.20. The molecule has 0 bridgehead atoms. The molecule has 2 aromatic rings. The van der Waals surface area contributed by atoms with E-state index in [2.05, 4.69) is 5.16 Å². The van der Waals surface area contributed by atoms with Crippen molar-refractivity contribution in [1.82, 2.24) is 5.16 Å². The van der Waals surface area contributed by atoms with Crippen LogP contribution in [0.2, 0.25) is 0 Å². The molecule has 0 aliphatic carbocycles. The van der Waals surface area contributed by atoms with Crippen LogP contribution in [0, 0.1) is 6.92 Å². The summed E-state index contributed by atoms with van der Waals surface area (Å²) in [7, 11) is 0. The van der Waals surface area contributed by atoms with Crippen molar-refractivity contribution in [3.63, 3.8) is 0 Å². The average Bonchev–Trinajstić information content (AvgIpc) is 2.61. The molecule has 4 nitrogen and oxygen atoms in total. The minimum Gasteiger partial charge on any atom is -0.338 e. The Balaban J connectivity index is 2.51. The number of H-pyrrole nitrogens is 1. The minimum atomic E-state index is -0.332. The summed E-state index contributed by atoms with van der Waals surface area (Å²) >= 11 is 0. The highest BCUT2D eigenvalue weighted by Crippen LogP contribution is 2.20. The van der Waals surface area contributed by atoms with Gasteiger partial charge in [-0.1, -0.05) is 23.8 Å². The van der Waals surface area contributed by atoms with Gasteiger partial charge in [-0.05, 0) is 26.0 Å². The zero-order chi connectivity index (χ0) is 11.5. The van der Waals surface area contributed by atoms with Crippen LogP contribution in [0.4, 0.5) is 0 Å². The van der Waals surface area contributed by atoms with Gasteiger partial charge in [0.1, 0.15) is 0 Å². The first-order valence-electron chi connectivity index (χ1n) is 5.20. The maximum Gasteiger partial charge on any atom is 0.361 e. The Morgan fingerprint density at radius 3 is 2.94 bits per heavy atom. The first kappa shape index (κ1) is 10.7. The Morgan fingerprint density at radius 2 is 2.25 bits per heavy atom. The largest absolute Gasteiger partial charge is 0.361 e. The van der Waals surface area contributed by atoms with Gasteiger partial charge in [0.05, 0.1) is 11.3 Å². The second-order valence-corrected chi connectivity index (χ2v) is 3.75. The summed E-state index contributed by atoms with van der Waals surface area (Å²) in [6, 6.07) is 7.89. The van der Waals surface area contributed by atoms with Gasteiger partial charge in [-0.2, -0.15) is 0 Å². The van der Waals surface area contributed by atoms with Gasteiger partial charge >= 0.3 is 5.63 Å². The van der Waals surface area contributed by atoms with Crippen LogP contribution in [0.5, 0.6) is 0 Å². The van der Waals surface area contributed by atoms with Gasteiger partial charge < -0.3 is 10.3 Å². The number of hydrogen-bond donors (Lipinski definition) is 2. The number of nitrogens with one attached hydrogen (secondary N) is 1. The van der Waals surface area contributed by atoms with Crippen LogP contribution in [0.25, 0.3) is 11.3 Å². The molecule has 1 aromatic carbocycles. The van der Waals surface area contributed by atoms with E-state index in [1.807, 2.05) is 31.2 Å². The van der Waals surface area contributed by atoms with Gasteiger partial charge in [0.25, 0.3) is 0 Å². The molecule has 3 N–H and O–H groups in total. The van der Waals surface area contributed by atoms with Crippen LogP contribution in [-0.4, -0.2) is 11.7 Å². The smallest absolute Gasteiger partial charge is 0.338 e. The Kier molecular flexibility index (Phi) is 2.92. The molecule has 0 fully saturated rings. The number of aryl methyl sites for hydroxylation is 1. The van der Waals surface area contributed by atoms with Crippen molar-refractivity contribution >= 4 is 0 Å². The molecule has 0 atom stereocenters. The lowest BCUT2D eigenvalue weighted by Gasteiger charge is -2.01. The third kappa shape index (κ3) is 1.92. The van der Waals surface area contributed by atoms with Gasteiger partial charge in [0, 0.05) is 5.56 Å². The number of rotatable bonds is 3. The predicted octanol–water partition coefficient (Wildman–Crippen LogP) is 1.44. The second-order valence-electron chi connectivity index (χ2n) is 3.75. The Bertz CT molecular complexity index is 540. The zero-order valence-electron chi connectivity index (χ0n) is 9.12. The van der Waals surface area contributed by atoms with E-state index in [1.165, 1.54) is 0 Å². The lowest BCUT2D eigenvalue weighted by molar-refractivity contribution is 0.392. The summed E-state index contributed by atoms with van der Waals surface area (Å²) in [6.45, 7) is 2.44. The predicted molar refractivity (Wildman–Crippen MR) is 62.3 cm³/mol. The van der Waals surface area contributed by atoms with E-state index in [1.54, 1.807) is 0 Å². The van der Waals surface area contributed by atoms with E-state index in [0.29, 0.717) is 18.5 Å². The highest BCUT2D eigenvalue weighted by atomic mass is 16.5. The molecule has 0 spiro atoms. The molecular formula is C12H14N2O2. The van der Waals surface area contributed by atoms with Crippen molar-refractivity contribution in [3.8, 4) is 11.3 Å². The quantitative estimate of drug-likeness (QED) is 0.818. The van der Waals surface area contributed by atoms with Crippen molar-refractivity contribution in [1.29, 1.82) is 0 Å². The van der Waals surface area contributed by atoms with E-state index >= 15 is 0 Å². The van der Waals surface area contributed by atoms with E-state index in [-0.39, 0.29) is 5.63 Å². The highest BCUT2D eigenvalue weighted by Gasteiger charge is 2.12. The summed E-state index contributed by atoms with van der Waals surface area (Å²) in [5, 5.41) is 2.66. The maximum atomic E-state index is 11.4. The molecule has 1 heterocycles. The van der Waals surface area contributed by atoms with Crippen LogP contribution >= 0.6 is 0 Å². The third-order valence-corrected chi connectivity index (χ3v) is 2.50. The lowest BCUT2D eigenvalue weighted by atomic mass is 10.0. The molecule has 16 heavy (non-hydrogen) atoms. The van der Waals surface area contributed by atoms with Crippen LogP contribution in [0.3, 0.4) is 0 Å². The number of nitrogens with two attached hydrogens (primary N) is 1. The van der Waals surface area contributed by atoms with E-state index in [0.717, 1.165) is 16.8 Å².